The van der Waals surface area contributed by atoms with Crippen LogP contribution in [0.1, 0.15) is 35.5 Å². The van der Waals surface area contributed by atoms with E-state index >= 15 is 0 Å². The fourth-order valence-corrected chi connectivity index (χ4v) is 3.79. The predicted molar refractivity (Wildman–Crippen MR) is 95.1 cm³/mol. The number of aliphatic imine (C=N–C) groups is 1. The number of guanidine groups is 1. The molecule has 130 valence electrons. The van der Waals surface area contributed by atoms with Crippen molar-refractivity contribution >= 4 is 17.3 Å². The van der Waals surface area contributed by atoms with Crippen LogP contribution >= 0.6 is 11.3 Å². The molecule has 1 saturated heterocycles. The van der Waals surface area contributed by atoms with Crippen LogP contribution in [0.3, 0.4) is 0 Å². The molecule has 3 heterocycles. The maximum absolute atomic E-state index is 4.98. The van der Waals surface area contributed by atoms with Crippen molar-refractivity contribution in [2.24, 2.45) is 4.99 Å². The lowest BCUT2D eigenvalue weighted by Gasteiger charge is -2.27. The molecule has 0 aromatic carbocycles. The highest BCUT2D eigenvalue weighted by Crippen LogP contribution is 2.27. The topological polar surface area (TPSA) is 78.6 Å². The van der Waals surface area contributed by atoms with Crippen molar-refractivity contribution in [3.05, 3.63) is 34.1 Å². The maximum Gasteiger partial charge on any atom is 0.223 e. The Bertz CT molecular complexity index is 647. The van der Waals surface area contributed by atoms with Crippen LogP contribution in [0.25, 0.3) is 0 Å². The molecule has 0 aliphatic carbocycles. The number of thiophene rings is 1. The summed E-state index contributed by atoms with van der Waals surface area (Å²) in [6, 6.07) is 4.72. The number of aromatic nitrogens is 2. The SMILES string of the molecule is CN=C(NCc1noc(C)n1)NCC(c1cccs1)N1CCCC1. The normalized spacial score (nSPS) is 17.2. The molecule has 3 rings (SSSR count). The smallest absolute Gasteiger partial charge is 0.223 e. The van der Waals surface area contributed by atoms with Crippen LogP contribution in [0.4, 0.5) is 0 Å². The molecule has 1 atom stereocenters. The molecule has 1 aliphatic rings. The Labute approximate surface area is 146 Å². The zero-order valence-electron chi connectivity index (χ0n) is 14.2. The van der Waals surface area contributed by atoms with Gasteiger partial charge < -0.3 is 15.2 Å². The number of nitrogens with zero attached hydrogens (tertiary/aromatic N) is 4. The lowest BCUT2D eigenvalue weighted by atomic mass is 10.2. The first kappa shape index (κ1) is 16.9. The Morgan fingerprint density at radius 1 is 1.42 bits per heavy atom. The van der Waals surface area contributed by atoms with Gasteiger partial charge in [-0.3, -0.25) is 9.89 Å². The third-order valence-electron chi connectivity index (χ3n) is 4.12. The van der Waals surface area contributed by atoms with Gasteiger partial charge in [0.2, 0.25) is 5.89 Å². The summed E-state index contributed by atoms with van der Waals surface area (Å²) in [5, 5.41) is 12.7. The van der Waals surface area contributed by atoms with Gasteiger partial charge in [0.1, 0.15) is 0 Å². The van der Waals surface area contributed by atoms with Gasteiger partial charge in [0, 0.05) is 25.4 Å². The lowest BCUT2D eigenvalue weighted by Crippen LogP contribution is -2.42. The molecule has 0 bridgehead atoms. The van der Waals surface area contributed by atoms with Gasteiger partial charge in [0.25, 0.3) is 0 Å². The summed E-state index contributed by atoms with van der Waals surface area (Å²) < 4.78 is 4.98. The number of aryl methyl sites for hydroxylation is 1. The third kappa shape index (κ3) is 4.33. The van der Waals surface area contributed by atoms with Crippen LogP contribution in [-0.4, -0.2) is 47.7 Å². The summed E-state index contributed by atoms with van der Waals surface area (Å²) in [6.07, 6.45) is 2.57. The van der Waals surface area contributed by atoms with Crippen molar-refractivity contribution < 1.29 is 4.52 Å². The Kier molecular flexibility index (Phi) is 5.81. The first-order chi connectivity index (χ1) is 11.8. The van der Waals surface area contributed by atoms with Crippen LogP contribution < -0.4 is 10.6 Å². The largest absolute Gasteiger partial charge is 0.354 e. The summed E-state index contributed by atoms with van der Waals surface area (Å²) >= 11 is 1.82. The molecule has 1 fully saturated rings. The van der Waals surface area contributed by atoms with Crippen molar-refractivity contribution in [3.63, 3.8) is 0 Å². The molecule has 2 N–H and O–H groups in total. The maximum atomic E-state index is 4.98. The fraction of sp³-hybridized carbons (Fsp3) is 0.562. The number of nitrogens with one attached hydrogen (secondary N) is 2. The molecule has 24 heavy (non-hydrogen) atoms. The summed E-state index contributed by atoms with van der Waals surface area (Å²) in [5.74, 6) is 1.95. The van der Waals surface area contributed by atoms with Crippen molar-refractivity contribution in [1.29, 1.82) is 0 Å². The second-order valence-electron chi connectivity index (χ2n) is 5.81. The van der Waals surface area contributed by atoms with Gasteiger partial charge >= 0.3 is 0 Å². The van der Waals surface area contributed by atoms with Crippen LogP contribution in [0.2, 0.25) is 0 Å². The predicted octanol–water partition coefficient (Wildman–Crippen LogP) is 1.94. The van der Waals surface area contributed by atoms with Crippen LogP contribution in [0.5, 0.6) is 0 Å². The minimum Gasteiger partial charge on any atom is -0.354 e. The molecule has 1 unspecified atom stereocenters. The van der Waals surface area contributed by atoms with Gasteiger partial charge in [-0.25, -0.2) is 0 Å². The van der Waals surface area contributed by atoms with E-state index < -0.39 is 0 Å². The molecule has 8 heteroatoms. The molecule has 1 aliphatic heterocycles. The number of rotatable bonds is 6. The van der Waals surface area contributed by atoms with Crippen molar-refractivity contribution in [1.82, 2.24) is 25.7 Å². The van der Waals surface area contributed by atoms with Gasteiger partial charge in [0.05, 0.1) is 12.6 Å². The summed E-state index contributed by atoms with van der Waals surface area (Å²) in [6.45, 7) is 5.43. The Hall–Kier alpha value is -1.93. The van der Waals surface area contributed by atoms with E-state index in [-0.39, 0.29) is 0 Å². The van der Waals surface area contributed by atoms with Gasteiger partial charge in [-0.15, -0.1) is 11.3 Å². The van der Waals surface area contributed by atoms with E-state index in [1.54, 1.807) is 14.0 Å². The average Bonchev–Trinajstić information content (AvgIpc) is 3.33. The van der Waals surface area contributed by atoms with E-state index in [0.29, 0.717) is 24.3 Å². The summed E-state index contributed by atoms with van der Waals surface area (Å²) in [4.78, 5) is 12.4. The molecular weight excluding hydrogens is 324 g/mol. The summed E-state index contributed by atoms with van der Waals surface area (Å²) in [7, 11) is 1.77. The first-order valence-corrected chi connectivity index (χ1v) is 9.15. The van der Waals surface area contributed by atoms with Gasteiger partial charge in [-0.1, -0.05) is 11.2 Å². The quantitative estimate of drug-likeness (QED) is 0.614. The van der Waals surface area contributed by atoms with Crippen LogP contribution in [-0.2, 0) is 6.54 Å². The first-order valence-electron chi connectivity index (χ1n) is 8.27. The highest BCUT2D eigenvalue weighted by molar-refractivity contribution is 7.10. The van der Waals surface area contributed by atoms with Crippen molar-refractivity contribution in [2.45, 2.75) is 32.4 Å². The molecule has 0 radical (unpaired) electrons. The van der Waals surface area contributed by atoms with E-state index in [0.717, 1.165) is 12.5 Å². The number of hydrogen-bond donors (Lipinski definition) is 2. The Balaban J connectivity index is 1.56. The zero-order valence-corrected chi connectivity index (χ0v) is 15.0. The highest BCUT2D eigenvalue weighted by Gasteiger charge is 2.24. The minimum absolute atomic E-state index is 0.387. The molecule has 7 nitrogen and oxygen atoms in total. The van der Waals surface area contributed by atoms with Gasteiger partial charge in [0.15, 0.2) is 11.8 Å². The van der Waals surface area contributed by atoms with Crippen molar-refractivity contribution in [3.8, 4) is 0 Å². The van der Waals surface area contributed by atoms with E-state index in [4.69, 9.17) is 4.52 Å². The van der Waals surface area contributed by atoms with Gasteiger partial charge in [-0.2, -0.15) is 4.98 Å². The van der Waals surface area contributed by atoms with E-state index in [2.05, 4.69) is 48.2 Å². The molecular formula is C16H24N6OS. The molecule has 0 spiro atoms. The Morgan fingerprint density at radius 2 is 2.25 bits per heavy atom. The molecule has 0 amide bonds. The highest BCUT2D eigenvalue weighted by atomic mass is 32.1. The van der Waals surface area contributed by atoms with E-state index in [1.807, 2.05) is 11.3 Å². The van der Waals surface area contributed by atoms with Crippen molar-refractivity contribution in [2.75, 3.05) is 26.7 Å². The van der Waals surface area contributed by atoms with E-state index in [9.17, 15) is 0 Å². The van der Waals surface area contributed by atoms with Gasteiger partial charge in [-0.05, 0) is 37.4 Å². The van der Waals surface area contributed by atoms with E-state index in [1.165, 1.54) is 30.8 Å². The lowest BCUT2D eigenvalue weighted by molar-refractivity contribution is 0.249. The number of hydrogen-bond acceptors (Lipinski definition) is 6. The molecule has 2 aromatic rings. The fourth-order valence-electron chi connectivity index (χ4n) is 2.93. The molecule has 0 saturated carbocycles. The van der Waals surface area contributed by atoms with Crippen LogP contribution in [0.15, 0.2) is 27.0 Å². The second kappa shape index (κ2) is 8.25. The number of likely N-dealkylation sites (tertiary alicyclic amines) is 1. The molecule has 2 aromatic heterocycles. The summed E-state index contributed by atoms with van der Waals surface area (Å²) in [5.41, 5.74) is 0. The Morgan fingerprint density at radius 3 is 2.88 bits per heavy atom. The third-order valence-corrected chi connectivity index (χ3v) is 5.10. The second-order valence-corrected chi connectivity index (χ2v) is 6.79. The standard InChI is InChI=1S/C16H24N6OS/c1-12-20-15(21-23-12)11-19-16(17-2)18-10-13(14-6-5-9-24-14)22-7-3-4-8-22/h5-6,9,13H,3-4,7-8,10-11H2,1-2H3,(H2,17,18,19). The van der Waals surface area contributed by atoms with Crippen LogP contribution in [0, 0.1) is 6.92 Å². The monoisotopic (exact) mass is 348 g/mol. The average molecular weight is 348 g/mol. The zero-order chi connectivity index (χ0) is 16.8. The minimum atomic E-state index is 0.387.